The van der Waals surface area contributed by atoms with Crippen LogP contribution in [-0.2, 0) is 10.0 Å². The molecule has 0 radical (unpaired) electrons. The normalized spacial score (nSPS) is 15.4. The number of carbonyl (C=O) groups excluding carboxylic acids is 1. The van der Waals surface area contributed by atoms with E-state index in [0.29, 0.717) is 23.7 Å². The summed E-state index contributed by atoms with van der Waals surface area (Å²) in [5, 5.41) is 3.03. The fourth-order valence-corrected chi connectivity index (χ4v) is 5.46. The largest absolute Gasteiger partial charge is 0.352 e. The number of anilines is 1. The molecule has 0 bridgehead atoms. The number of benzene rings is 2. The van der Waals surface area contributed by atoms with Gasteiger partial charge in [-0.1, -0.05) is 56.7 Å². The topological polar surface area (TPSA) is 66.5 Å². The number of nitrogens with one attached hydrogen (secondary N) is 1. The van der Waals surface area contributed by atoms with Crippen LogP contribution in [0.5, 0.6) is 0 Å². The van der Waals surface area contributed by atoms with Crippen LogP contribution < -0.4 is 9.62 Å². The minimum atomic E-state index is -3.64. The van der Waals surface area contributed by atoms with E-state index in [1.165, 1.54) is 49.9 Å². The lowest BCUT2D eigenvalue weighted by Gasteiger charge is -2.22. The minimum Gasteiger partial charge on any atom is -0.352 e. The summed E-state index contributed by atoms with van der Waals surface area (Å²) in [5.41, 5.74) is 1.87. The molecule has 0 heterocycles. The van der Waals surface area contributed by atoms with Gasteiger partial charge >= 0.3 is 0 Å². The molecule has 0 aliphatic heterocycles. The summed E-state index contributed by atoms with van der Waals surface area (Å²) in [6.07, 6.45) is 8.85. The first-order valence-electron chi connectivity index (χ1n) is 10.8. The average molecular weight is 429 g/mol. The Kier molecular flexibility index (Phi) is 7.53. The highest BCUT2D eigenvalue weighted by Crippen LogP contribution is 2.27. The summed E-state index contributed by atoms with van der Waals surface area (Å²) in [4.78, 5) is 12.8. The Bertz CT molecular complexity index is 950. The number of hydrogen-bond donors (Lipinski definition) is 1. The third-order valence-corrected chi connectivity index (χ3v) is 7.80. The third kappa shape index (κ3) is 5.42. The van der Waals surface area contributed by atoms with Crippen LogP contribution in [0.1, 0.15) is 60.9 Å². The van der Waals surface area contributed by atoms with Crippen LogP contribution in [0, 0.1) is 12.8 Å². The Balaban J connectivity index is 1.63. The lowest BCUT2D eigenvalue weighted by atomic mass is 9.97. The van der Waals surface area contributed by atoms with E-state index in [0.717, 1.165) is 12.0 Å². The molecule has 0 aromatic heterocycles. The van der Waals surface area contributed by atoms with Gasteiger partial charge in [-0.2, -0.15) is 0 Å². The molecule has 0 spiro atoms. The average Bonchev–Trinajstić information content (AvgIpc) is 3.02. The lowest BCUT2D eigenvalue weighted by molar-refractivity contribution is 0.0951. The van der Waals surface area contributed by atoms with Gasteiger partial charge in [-0.15, -0.1) is 0 Å². The second kappa shape index (κ2) is 10.1. The first-order chi connectivity index (χ1) is 14.4. The maximum Gasteiger partial charge on any atom is 0.264 e. The van der Waals surface area contributed by atoms with Crippen LogP contribution in [0.2, 0.25) is 0 Å². The Morgan fingerprint density at radius 3 is 2.33 bits per heavy atom. The van der Waals surface area contributed by atoms with E-state index in [2.05, 4.69) is 5.32 Å². The molecule has 1 amide bonds. The summed E-state index contributed by atoms with van der Waals surface area (Å²) in [5.74, 6) is 0.612. The van der Waals surface area contributed by atoms with Crippen LogP contribution in [-0.4, -0.2) is 27.9 Å². The molecule has 0 atom stereocenters. The number of rotatable bonds is 7. The van der Waals surface area contributed by atoms with Crippen molar-refractivity contribution >= 4 is 21.6 Å². The van der Waals surface area contributed by atoms with Crippen molar-refractivity contribution < 1.29 is 13.2 Å². The van der Waals surface area contributed by atoms with Crippen LogP contribution in [0.3, 0.4) is 0 Å². The summed E-state index contributed by atoms with van der Waals surface area (Å²) < 4.78 is 27.0. The zero-order chi connectivity index (χ0) is 21.6. The molecule has 0 saturated heterocycles. The van der Waals surface area contributed by atoms with Crippen molar-refractivity contribution in [2.24, 2.45) is 5.92 Å². The van der Waals surface area contributed by atoms with Gasteiger partial charge in [0, 0.05) is 19.2 Å². The molecule has 1 saturated carbocycles. The fourth-order valence-electron chi connectivity index (χ4n) is 4.17. The van der Waals surface area contributed by atoms with Crippen LogP contribution in [0.25, 0.3) is 0 Å². The third-order valence-electron chi connectivity index (χ3n) is 6.01. The van der Waals surface area contributed by atoms with Gasteiger partial charge in [0.1, 0.15) is 0 Å². The van der Waals surface area contributed by atoms with E-state index in [1.54, 1.807) is 48.5 Å². The van der Waals surface area contributed by atoms with Crippen molar-refractivity contribution in [3.05, 3.63) is 59.7 Å². The molecule has 162 valence electrons. The van der Waals surface area contributed by atoms with Gasteiger partial charge in [-0.25, -0.2) is 8.42 Å². The van der Waals surface area contributed by atoms with Gasteiger partial charge in [-0.3, -0.25) is 9.10 Å². The van der Waals surface area contributed by atoms with Crippen molar-refractivity contribution in [2.45, 2.75) is 56.8 Å². The Morgan fingerprint density at radius 2 is 1.70 bits per heavy atom. The number of aryl methyl sites for hydroxylation is 1. The standard InChI is InChI=1S/C24H32N2O3S/c1-19-18-21(24(27)25-17-16-20-10-6-3-4-7-11-20)14-15-23(19)26(2)30(28,29)22-12-8-5-9-13-22/h5,8-9,12-15,18,20H,3-4,6-7,10-11,16-17H2,1-2H3,(H,25,27). The number of sulfonamides is 1. The van der Waals surface area contributed by atoms with Gasteiger partial charge in [0.15, 0.2) is 0 Å². The highest BCUT2D eigenvalue weighted by molar-refractivity contribution is 7.92. The minimum absolute atomic E-state index is 0.105. The number of carbonyl (C=O) groups is 1. The van der Waals surface area contributed by atoms with Crippen LogP contribution >= 0.6 is 0 Å². The van der Waals surface area contributed by atoms with Crippen molar-refractivity contribution in [1.29, 1.82) is 0 Å². The smallest absolute Gasteiger partial charge is 0.264 e. The Labute approximate surface area is 180 Å². The van der Waals surface area contributed by atoms with E-state index in [4.69, 9.17) is 0 Å². The number of hydrogen-bond acceptors (Lipinski definition) is 3. The molecular formula is C24H32N2O3S. The second-order valence-corrected chi connectivity index (χ2v) is 10.2. The molecule has 1 aliphatic rings. The summed E-state index contributed by atoms with van der Waals surface area (Å²) in [7, 11) is -2.11. The highest BCUT2D eigenvalue weighted by atomic mass is 32.2. The van der Waals surface area contributed by atoms with Crippen molar-refractivity contribution in [3.63, 3.8) is 0 Å². The summed E-state index contributed by atoms with van der Waals surface area (Å²) in [6.45, 7) is 2.52. The van der Waals surface area contributed by atoms with E-state index < -0.39 is 10.0 Å². The molecule has 2 aromatic rings. The maximum atomic E-state index is 12.9. The van der Waals surface area contributed by atoms with Gasteiger partial charge < -0.3 is 5.32 Å². The fraction of sp³-hybridized carbons (Fsp3) is 0.458. The zero-order valence-corrected chi connectivity index (χ0v) is 18.7. The second-order valence-electron chi connectivity index (χ2n) is 8.19. The number of amides is 1. The molecule has 3 rings (SSSR count). The van der Waals surface area contributed by atoms with Crippen molar-refractivity contribution in [2.75, 3.05) is 17.9 Å². The molecule has 1 fully saturated rings. The quantitative estimate of drug-likeness (QED) is 0.637. The summed E-state index contributed by atoms with van der Waals surface area (Å²) >= 11 is 0. The van der Waals surface area contributed by atoms with Gasteiger partial charge in [-0.05, 0) is 55.2 Å². The molecule has 6 heteroatoms. The maximum absolute atomic E-state index is 12.9. The number of nitrogens with zero attached hydrogens (tertiary/aromatic N) is 1. The first-order valence-corrected chi connectivity index (χ1v) is 12.3. The monoisotopic (exact) mass is 428 g/mol. The molecule has 1 N–H and O–H groups in total. The molecule has 0 unspecified atom stereocenters. The zero-order valence-electron chi connectivity index (χ0n) is 17.9. The first kappa shape index (κ1) is 22.3. The predicted octanol–water partition coefficient (Wildman–Crippen LogP) is 4.91. The lowest BCUT2D eigenvalue weighted by Crippen LogP contribution is -2.28. The molecule has 2 aromatic carbocycles. The van der Waals surface area contributed by atoms with Crippen LogP contribution in [0.15, 0.2) is 53.4 Å². The Hall–Kier alpha value is -2.34. The van der Waals surface area contributed by atoms with Gasteiger partial charge in [0.2, 0.25) is 0 Å². The van der Waals surface area contributed by atoms with E-state index >= 15 is 0 Å². The Morgan fingerprint density at radius 1 is 1.03 bits per heavy atom. The van der Waals surface area contributed by atoms with Gasteiger partial charge in [0.05, 0.1) is 10.6 Å². The molecule has 1 aliphatic carbocycles. The van der Waals surface area contributed by atoms with Crippen LogP contribution in [0.4, 0.5) is 5.69 Å². The molecule has 5 nitrogen and oxygen atoms in total. The molecular weight excluding hydrogens is 396 g/mol. The van der Waals surface area contributed by atoms with Crippen molar-refractivity contribution in [3.8, 4) is 0 Å². The van der Waals surface area contributed by atoms with Crippen molar-refractivity contribution in [1.82, 2.24) is 5.32 Å². The highest BCUT2D eigenvalue weighted by Gasteiger charge is 2.22. The summed E-state index contributed by atoms with van der Waals surface area (Å²) in [6, 6.07) is 13.5. The van der Waals surface area contributed by atoms with Gasteiger partial charge in [0.25, 0.3) is 15.9 Å². The SMILES string of the molecule is Cc1cc(C(=O)NCCC2CCCCCC2)ccc1N(C)S(=O)(=O)c1ccccc1. The van der Waals surface area contributed by atoms with E-state index in [-0.39, 0.29) is 10.8 Å². The molecule has 30 heavy (non-hydrogen) atoms. The predicted molar refractivity (Wildman–Crippen MR) is 121 cm³/mol. The van der Waals surface area contributed by atoms with E-state index in [9.17, 15) is 13.2 Å². The van der Waals surface area contributed by atoms with E-state index in [1.807, 2.05) is 6.92 Å².